The van der Waals surface area contributed by atoms with Crippen LogP contribution < -0.4 is 10.6 Å². The van der Waals surface area contributed by atoms with Crippen molar-refractivity contribution >= 4 is 35.3 Å². The van der Waals surface area contributed by atoms with Crippen LogP contribution in [-0.4, -0.2) is 23.5 Å². The van der Waals surface area contributed by atoms with Crippen LogP contribution in [0.3, 0.4) is 0 Å². The van der Waals surface area contributed by atoms with Crippen LogP contribution in [0.2, 0.25) is 5.02 Å². The second kappa shape index (κ2) is 7.60. The van der Waals surface area contributed by atoms with Crippen molar-refractivity contribution in [3.63, 3.8) is 0 Å². The van der Waals surface area contributed by atoms with Gasteiger partial charge in [0.05, 0.1) is 6.54 Å². The summed E-state index contributed by atoms with van der Waals surface area (Å²) >= 11 is 5.81. The molecule has 6 nitrogen and oxygen atoms in total. The third-order valence-electron chi connectivity index (χ3n) is 2.92. The van der Waals surface area contributed by atoms with Crippen LogP contribution in [-0.2, 0) is 9.59 Å². The Bertz CT molecular complexity index is 735. The number of rotatable bonds is 5. The smallest absolute Gasteiger partial charge is 0.247 e. The minimum atomic E-state index is -0.383. The van der Waals surface area contributed by atoms with Gasteiger partial charge in [-0.1, -0.05) is 28.9 Å². The van der Waals surface area contributed by atoms with E-state index in [1.165, 1.54) is 0 Å². The molecule has 0 radical (unpaired) electrons. The summed E-state index contributed by atoms with van der Waals surface area (Å²) in [7, 11) is 0. The molecule has 0 saturated heterocycles. The van der Waals surface area contributed by atoms with E-state index in [4.69, 9.17) is 16.1 Å². The molecule has 0 unspecified atom stereocenters. The summed E-state index contributed by atoms with van der Waals surface area (Å²) in [6, 6.07) is 8.68. The second-order valence-corrected chi connectivity index (χ2v) is 5.37. The van der Waals surface area contributed by atoms with E-state index in [1.807, 2.05) is 0 Å². The average molecular weight is 334 g/mol. The summed E-state index contributed by atoms with van der Waals surface area (Å²) in [6.45, 7) is 3.23. The Hall–Kier alpha value is -2.60. The SMILES string of the molecule is C/C(=C\c1ccc(Cl)cc1)C(=O)NCC(=O)Nc1cc(C)on1. The number of aryl methyl sites for hydroxylation is 1. The first kappa shape index (κ1) is 16.8. The summed E-state index contributed by atoms with van der Waals surface area (Å²) < 4.78 is 4.83. The summed E-state index contributed by atoms with van der Waals surface area (Å²) in [4.78, 5) is 23.7. The molecule has 2 aromatic rings. The van der Waals surface area contributed by atoms with Gasteiger partial charge in [-0.3, -0.25) is 9.59 Å². The molecule has 0 aliphatic carbocycles. The van der Waals surface area contributed by atoms with Crippen molar-refractivity contribution in [3.05, 3.63) is 52.3 Å². The van der Waals surface area contributed by atoms with Gasteiger partial charge in [-0.15, -0.1) is 0 Å². The maximum absolute atomic E-state index is 12.0. The van der Waals surface area contributed by atoms with E-state index in [2.05, 4.69) is 15.8 Å². The lowest BCUT2D eigenvalue weighted by Crippen LogP contribution is -2.33. The molecule has 2 amide bonds. The second-order valence-electron chi connectivity index (χ2n) is 4.93. The zero-order chi connectivity index (χ0) is 16.8. The quantitative estimate of drug-likeness (QED) is 0.824. The van der Waals surface area contributed by atoms with E-state index in [0.717, 1.165) is 5.56 Å². The number of aromatic nitrogens is 1. The van der Waals surface area contributed by atoms with Crippen LogP contribution in [0.4, 0.5) is 5.82 Å². The molecule has 23 heavy (non-hydrogen) atoms. The van der Waals surface area contributed by atoms with E-state index in [0.29, 0.717) is 22.2 Å². The lowest BCUT2D eigenvalue weighted by atomic mass is 10.1. The van der Waals surface area contributed by atoms with Gasteiger partial charge in [0, 0.05) is 16.7 Å². The van der Waals surface area contributed by atoms with Gasteiger partial charge >= 0.3 is 0 Å². The Morgan fingerprint density at radius 1 is 1.30 bits per heavy atom. The molecule has 1 aromatic carbocycles. The predicted octanol–water partition coefficient (Wildman–Crippen LogP) is 2.79. The number of carbonyl (C=O) groups excluding carboxylic acids is 2. The number of benzene rings is 1. The summed E-state index contributed by atoms with van der Waals surface area (Å²) in [6.07, 6.45) is 1.71. The number of carbonyl (C=O) groups is 2. The van der Waals surface area contributed by atoms with Crippen LogP contribution in [0.1, 0.15) is 18.2 Å². The fourth-order valence-electron chi connectivity index (χ4n) is 1.79. The lowest BCUT2D eigenvalue weighted by molar-refractivity contribution is -0.121. The molecule has 0 fully saturated rings. The molecule has 0 bridgehead atoms. The first-order valence-corrected chi connectivity index (χ1v) is 7.27. The minimum absolute atomic E-state index is 0.156. The van der Waals surface area contributed by atoms with Gasteiger partial charge in [-0.2, -0.15) is 0 Å². The monoisotopic (exact) mass is 333 g/mol. The Kier molecular flexibility index (Phi) is 5.54. The van der Waals surface area contributed by atoms with Gasteiger partial charge in [-0.25, -0.2) is 0 Å². The van der Waals surface area contributed by atoms with Gasteiger partial charge in [0.15, 0.2) is 5.82 Å². The fourth-order valence-corrected chi connectivity index (χ4v) is 1.91. The molecule has 1 heterocycles. The highest BCUT2D eigenvalue weighted by Crippen LogP contribution is 2.12. The third kappa shape index (κ3) is 5.27. The van der Waals surface area contributed by atoms with Crippen LogP contribution in [0.25, 0.3) is 6.08 Å². The molecule has 0 atom stereocenters. The standard InChI is InChI=1S/C16H16ClN3O3/c1-10(7-12-3-5-13(17)6-4-12)16(22)18-9-15(21)19-14-8-11(2)23-20-14/h3-8H,9H2,1-2H3,(H,18,22)(H,19,20,21)/b10-7+. The van der Waals surface area contributed by atoms with Gasteiger partial charge < -0.3 is 15.2 Å². The van der Waals surface area contributed by atoms with Gasteiger partial charge in [0.2, 0.25) is 11.8 Å². The summed E-state index contributed by atoms with van der Waals surface area (Å²) in [5.41, 5.74) is 1.34. The van der Waals surface area contributed by atoms with E-state index in [-0.39, 0.29) is 18.4 Å². The van der Waals surface area contributed by atoms with Crippen molar-refractivity contribution in [1.29, 1.82) is 0 Å². The van der Waals surface area contributed by atoms with Gasteiger partial charge in [0.1, 0.15) is 5.76 Å². The van der Waals surface area contributed by atoms with Crippen molar-refractivity contribution in [2.75, 3.05) is 11.9 Å². The van der Waals surface area contributed by atoms with Crippen molar-refractivity contribution in [3.8, 4) is 0 Å². The van der Waals surface area contributed by atoms with E-state index in [1.54, 1.807) is 50.3 Å². The van der Waals surface area contributed by atoms with Crippen LogP contribution in [0.5, 0.6) is 0 Å². The third-order valence-corrected chi connectivity index (χ3v) is 3.17. The molecular weight excluding hydrogens is 318 g/mol. The summed E-state index contributed by atoms with van der Waals surface area (Å²) in [5.74, 6) is 0.193. The Labute approximate surface area is 138 Å². The Morgan fingerprint density at radius 2 is 2.00 bits per heavy atom. The lowest BCUT2D eigenvalue weighted by Gasteiger charge is -2.05. The summed E-state index contributed by atoms with van der Waals surface area (Å²) in [5, 5.41) is 9.33. The van der Waals surface area contributed by atoms with Crippen LogP contribution >= 0.6 is 11.6 Å². The van der Waals surface area contributed by atoms with Crippen molar-refractivity contribution < 1.29 is 14.1 Å². The maximum atomic E-state index is 12.0. The zero-order valence-corrected chi connectivity index (χ0v) is 13.5. The topological polar surface area (TPSA) is 84.2 Å². The van der Waals surface area contributed by atoms with Crippen molar-refractivity contribution in [2.24, 2.45) is 0 Å². The molecular formula is C16H16ClN3O3. The molecule has 7 heteroatoms. The number of hydrogen-bond donors (Lipinski definition) is 2. The van der Waals surface area contributed by atoms with Crippen molar-refractivity contribution in [2.45, 2.75) is 13.8 Å². The van der Waals surface area contributed by atoms with Crippen LogP contribution in [0.15, 0.2) is 40.4 Å². The number of amides is 2. The minimum Gasteiger partial charge on any atom is -0.360 e. The normalized spacial score (nSPS) is 11.2. The highest BCUT2D eigenvalue weighted by molar-refractivity contribution is 6.30. The molecule has 2 rings (SSSR count). The van der Waals surface area contributed by atoms with Gasteiger partial charge in [0.25, 0.3) is 0 Å². The van der Waals surface area contributed by atoms with Gasteiger partial charge in [-0.05, 0) is 37.6 Å². The number of nitrogens with zero attached hydrogens (tertiary/aromatic N) is 1. The average Bonchev–Trinajstić information content (AvgIpc) is 2.92. The Morgan fingerprint density at radius 3 is 2.61 bits per heavy atom. The largest absolute Gasteiger partial charge is 0.360 e. The first-order chi connectivity index (χ1) is 10.9. The number of halogens is 1. The number of anilines is 1. The highest BCUT2D eigenvalue weighted by atomic mass is 35.5. The molecule has 2 N–H and O–H groups in total. The maximum Gasteiger partial charge on any atom is 0.247 e. The Balaban J connectivity index is 1.85. The molecule has 0 spiro atoms. The van der Waals surface area contributed by atoms with E-state index in [9.17, 15) is 9.59 Å². The highest BCUT2D eigenvalue weighted by Gasteiger charge is 2.09. The fraction of sp³-hybridized carbons (Fsp3) is 0.188. The zero-order valence-electron chi connectivity index (χ0n) is 12.7. The van der Waals surface area contributed by atoms with Crippen LogP contribution in [0, 0.1) is 6.92 Å². The number of nitrogens with one attached hydrogen (secondary N) is 2. The predicted molar refractivity (Wildman–Crippen MR) is 88.0 cm³/mol. The first-order valence-electron chi connectivity index (χ1n) is 6.89. The molecule has 0 aliphatic heterocycles. The van der Waals surface area contributed by atoms with Crippen molar-refractivity contribution in [1.82, 2.24) is 10.5 Å². The molecule has 0 aliphatic rings. The number of hydrogen-bond acceptors (Lipinski definition) is 4. The van der Waals surface area contributed by atoms with E-state index < -0.39 is 0 Å². The molecule has 120 valence electrons. The van der Waals surface area contributed by atoms with E-state index >= 15 is 0 Å². The molecule has 0 saturated carbocycles. The molecule has 1 aromatic heterocycles.